The number of hydrogen-bond acceptors (Lipinski definition) is 4. The van der Waals surface area contributed by atoms with Gasteiger partial charge in [-0.15, -0.1) is 0 Å². The van der Waals surface area contributed by atoms with Crippen LogP contribution < -0.4 is 9.80 Å². The maximum absolute atomic E-state index is 14.6. The predicted octanol–water partition coefficient (Wildman–Crippen LogP) is 5.29. The molecule has 0 saturated carbocycles. The Morgan fingerprint density at radius 1 is 0.837 bits per heavy atom. The van der Waals surface area contributed by atoms with Crippen LogP contribution >= 0.6 is 0 Å². The van der Waals surface area contributed by atoms with E-state index in [1.165, 1.54) is 0 Å². The molecule has 2 aliphatic rings. The molecule has 0 spiro atoms. The molecule has 1 aromatic heterocycles. The van der Waals surface area contributed by atoms with Gasteiger partial charge in [-0.3, -0.25) is 19.5 Å². The van der Waals surface area contributed by atoms with Gasteiger partial charge in [-0.2, -0.15) is 5.10 Å². The van der Waals surface area contributed by atoms with E-state index in [1.807, 2.05) is 130 Å². The smallest absolute Gasteiger partial charge is 0.247 e. The Labute approximate surface area is 251 Å². The molecule has 4 aromatic rings. The summed E-state index contributed by atoms with van der Waals surface area (Å²) in [7, 11) is 0. The number of amides is 3. The molecule has 0 bridgehead atoms. The first-order chi connectivity index (χ1) is 20.7. The van der Waals surface area contributed by atoms with Gasteiger partial charge < -0.3 is 14.7 Å². The number of aromatic amines is 1. The van der Waals surface area contributed by atoms with Gasteiger partial charge in [0, 0.05) is 28.7 Å². The minimum Gasteiger partial charge on any atom is -0.324 e. The summed E-state index contributed by atoms with van der Waals surface area (Å²) in [4.78, 5) is 48.3. The summed E-state index contributed by atoms with van der Waals surface area (Å²) < 4.78 is 0. The number of nitrogens with one attached hydrogen (secondary N) is 1. The molecule has 3 unspecified atom stereocenters. The standard InChI is InChI=1S/C35H35N5O3/c1-35(2,3)40(25-16-8-5-9-17-25)32(41)23-38-30-20-12-13-21-31(30)39(24-14-6-4-7-15-24)34(43)27(33(38)42)22-29-26-18-10-11-19-28(26)36-37-29/h4-21,27,30-31H,22-23H2,1-3H3,(H,36,37). The summed E-state index contributed by atoms with van der Waals surface area (Å²) in [6.45, 7) is 5.74. The fourth-order valence-corrected chi connectivity index (χ4v) is 6.19. The maximum atomic E-state index is 14.6. The zero-order valence-corrected chi connectivity index (χ0v) is 24.6. The summed E-state index contributed by atoms with van der Waals surface area (Å²) in [6.07, 6.45) is 7.71. The van der Waals surface area contributed by atoms with E-state index in [2.05, 4.69) is 10.2 Å². The highest BCUT2D eigenvalue weighted by Gasteiger charge is 2.47. The molecule has 1 aliphatic heterocycles. The van der Waals surface area contributed by atoms with Crippen LogP contribution in [0.4, 0.5) is 11.4 Å². The van der Waals surface area contributed by atoms with Crippen molar-refractivity contribution in [3.05, 3.63) is 115 Å². The quantitative estimate of drug-likeness (QED) is 0.318. The average Bonchev–Trinajstić information content (AvgIpc) is 3.39. The molecule has 8 nitrogen and oxygen atoms in total. The van der Waals surface area contributed by atoms with Crippen LogP contribution in [-0.4, -0.2) is 57.0 Å². The van der Waals surface area contributed by atoms with Gasteiger partial charge in [0.15, 0.2) is 0 Å². The van der Waals surface area contributed by atoms with Crippen molar-refractivity contribution in [1.29, 1.82) is 0 Å². The summed E-state index contributed by atoms with van der Waals surface area (Å²) in [5.74, 6) is -2.00. The highest BCUT2D eigenvalue weighted by Crippen LogP contribution is 2.33. The first kappa shape index (κ1) is 28.2. The van der Waals surface area contributed by atoms with Crippen molar-refractivity contribution in [3.63, 3.8) is 0 Å². The van der Waals surface area contributed by atoms with Crippen molar-refractivity contribution in [1.82, 2.24) is 15.1 Å². The van der Waals surface area contributed by atoms with E-state index >= 15 is 0 Å². The van der Waals surface area contributed by atoms with Gasteiger partial charge in [0.2, 0.25) is 17.7 Å². The number of allylic oxidation sites excluding steroid dienone is 2. The molecule has 6 rings (SSSR count). The van der Waals surface area contributed by atoms with Crippen LogP contribution in [-0.2, 0) is 20.8 Å². The number of benzene rings is 3. The van der Waals surface area contributed by atoms with Crippen molar-refractivity contribution in [2.24, 2.45) is 5.92 Å². The molecule has 2 heterocycles. The lowest BCUT2D eigenvalue weighted by atomic mass is 9.97. The normalized spacial score (nSPS) is 20.3. The number of carbonyl (C=O) groups is 3. The highest BCUT2D eigenvalue weighted by atomic mass is 16.2. The Morgan fingerprint density at radius 3 is 2.16 bits per heavy atom. The van der Waals surface area contributed by atoms with E-state index in [0.29, 0.717) is 11.4 Å². The Balaban J connectivity index is 1.44. The first-order valence-corrected chi connectivity index (χ1v) is 14.6. The van der Waals surface area contributed by atoms with Crippen molar-refractivity contribution < 1.29 is 14.4 Å². The topological polar surface area (TPSA) is 89.6 Å². The zero-order valence-electron chi connectivity index (χ0n) is 24.6. The number of anilines is 2. The first-order valence-electron chi connectivity index (χ1n) is 14.6. The van der Waals surface area contributed by atoms with Gasteiger partial charge in [0.25, 0.3) is 0 Å². The third-order valence-corrected chi connectivity index (χ3v) is 8.07. The van der Waals surface area contributed by atoms with E-state index < -0.39 is 23.5 Å². The van der Waals surface area contributed by atoms with Crippen LogP contribution in [0.1, 0.15) is 26.5 Å². The van der Waals surface area contributed by atoms with Gasteiger partial charge >= 0.3 is 0 Å². The van der Waals surface area contributed by atoms with Crippen molar-refractivity contribution in [2.45, 2.75) is 44.8 Å². The van der Waals surface area contributed by atoms with Crippen LogP contribution in [0.15, 0.2) is 109 Å². The fourth-order valence-electron chi connectivity index (χ4n) is 6.19. The number of carbonyl (C=O) groups excluding carboxylic acids is 3. The van der Waals surface area contributed by atoms with Gasteiger partial charge in [-0.05, 0) is 51.1 Å². The molecule has 218 valence electrons. The number of hydrogen-bond donors (Lipinski definition) is 1. The highest BCUT2D eigenvalue weighted by molar-refractivity contribution is 6.11. The van der Waals surface area contributed by atoms with E-state index in [9.17, 15) is 14.4 Å². The maximum Gasteiger partial charge on any atom is 0.247 e. The van der Waals surface area contributed by atoms with Gasteiger partial charge in [0.1, 0.15) is 12.5 Å². The molecule has 1 saturated heterocycles. The van der Waals surface area contributed by atoms with Crippen molar-refractivity contribution in [2.75, 3.05) is 16.3 Å². The lowest BCUT2D eigenvalue weighted by Gasteiger charge is -2.40. The second-order valence-electron chi connectivity index (χ2n) is 12.0. The number of para-hydroxylation sites is 3. The van der Waals surface area contributed by atoms with Gasteiger partial charge in [-0.25, -0.2) is 0 Å². The zero-order chi connectivity index (χ0) is 30.1. The van der Waals surface area contributed by atoms with E-state index in [1.54, 1.807) is 14.7 Å². The number of rotatable bonds is 6. The number of H-pyrrole nitrogens is 1. The fraction of sp³-hybridized carbons (Fsp3) is 0.257. The van der Waals surface area contributed by atoms with Crippen molar-refractivity contribution >= 4 is 40.0 Å². The predicted molar refractivity (Wildman–Crippen MR) is 168 cm³/mol. The molecule has 3 atom stereocenters. The van der Waals surface area contributed by atoms with Crippen LogP contribution in [0.25, 0.3) is 10.9 Å². The average molecular weight is 574 g/mol. The second-order valence-corrected chi connectivity index (χ2v) is 12.0. The molecule has 3 amide bonds. The van der Waals surface area contributed by atoms with E-state index in [4.69, 9.17) is 0 Å². The van der Waals surface area contributed by atoms with Crippen LogP contribution in [0, 0.1) is 5.92 Å². The van der Waals surface area contributed by atoms with Crippen LogP contribution in [0.5, 0.6) is 0 Å². The van der Waals surface area contributed by atoms with E-state index in [-0.39, 0.29) is 30.7 Å². The third kappa shape index (κ3) is 5.36. The summed E-state index contributed by atoms with van der Waals surface area (Å²) in [5, 5.41) is 8.38. The molecule has 43 heavy (non-hydrogen) atoms. The van der Waals surface area contributed by atoms with Crippen LogP contribution in [0.2, 0.25) is 0 Å². The molecule has 1 N–H and O–H groups in total. The molecular formula is C35H35N5O3. The minimum absolute atomic E-state index is 0.101. The molecule has 8 heteroatoms. The SMILES string of the molecule is CC(C)(C)N(C(=O)CN1C(=O)C(Cc2n[nH]c3ccccc23)C(=O)N(c2ccccc2)C2C=CC=CC21)c1ccccc1. The van der Waals surface area contributed by atoms with Gasteiger partial charge in [-0.1, -0.05) is 78.9 Å². The summed E-state index contributed by atoms with van der Waals surface area (Å²) in [5.41, 5.74) is 2.37. The molecule has 1 aliphatic carbocycles. The Bertz CT molecular complexity index is 1700. The second kappa shape index (κ2) is 11.4. The van der Waals surface area contributed by atoms with Crippen LogP contribution in [0.3, 0.4) is 0 Å². The minimum atomic E-state index is -1.08. The monoisotopic (exact) mass is 573 g/mol. The number of aromatic nitrogens is 2. The summed E-state index contributed by atoms with van der Waals surface area (Å²) >= 11 is 0. The molecule has 0 radical (unpaired) electrons. The number of fused-ring (bicyclic) bond motifs is 2. The molecular weight excluding hydrogens is 538 g/mol. The third-order valence-electron chi connectivity index (χ3n) is 8.07. The largest absolute Gasteiger partial charge is 0.324 e. The van der Waals surface area contributed by atoms with E-state index in [0.717, 1.165) is 16.6 Å². The number of nitrogens with zero attached hydrogens (tertiary/aromatic N) is 4. The lowest BCUT2D eigenvalue weighted by Crippen LogP contribution is -2.55. The molecule has 3 aromatic carbocycles. The lowest BCUT2D eigenvalue weighted by molar-refractivity contribution is -0.143. The Morgan fingerprint density at radius 2 is 1.47 bits per heavy atom. The summed E-state index contributed by atoms with van der Waals surface area (Å²) in [6, 6.07) is 25.5. The Hall–Kier alpha value is -4.98. The van der Waals surface area contributed by atoms with Gasteiger partial charge in [0.05, 0.1) is 23.3 Å². The molecule has 1 fully saturated rings. The van der Waals surface area contributed by atoms with Crippen molar-refractivity contribution in [3.8, 4) is 0 Å². The Kier molecular flexibility index (Phi) is 7.44.